The van der Waals surface area contributed by atoms with E-state index in [2.05, 4.69) is 20.0 Å². The predicted molar refractivity (Wildman–Crippen MR) is 134 cm³/mol. The summed E-state index contributed by atoms with van der Waals surface area (Å²) in [6.45, 7) is 6.84. The molecule has 2 aromatic carbocycles. The second-order valence-electron chi connectivity index (χ2n) is 7.84. The summed E-state index contributed by atoms with van der Waals surface area (Å²) in [4.78, 5) is 0. The van der Waals surface area contributed by atoms with E-state index in [9.17, 15) is 0 Å². The molecule has 6 nitrogen and oxygen atoms in total. The van der Waals surface area contributed by atoms with Crippen LogP contribution in [0.2, 0.25) is 19.1 Å². The summed E-state index contributed by atoms with van der Waals surface area (Å²) in [7, 11) is -5.51. The molecule has 0 aliphatic carbocycles. The molecule has 0 saturated heterocycles. The van der Waals surface area contributed by atoms with Gasteiger partial charge in [0.15, 0.2) is 8.32 Å². The molecular formula is C21H36O6Si4. The van der Waals surface area contributed by atoms with E-state index >= 15 is 0 Å². The highest BCUT2D eigenvalue weighted by molar-refractivity contribution is 6.80. The topological polar surface area (TPSA) is 55.4 Å². The van der Waals surface area contributed by atoms with Crippen LogP contribution in [0.5, 0.6) is 0 Å². The van der Waals surface area contributed by atoms with Gasteiger partial charge in [0.05, 0.1) is 0 Å². The summed E-state index contributed by atoms with van der Waals surface area (Å²) < 4.78 is 36.4. The Balaban J connectivity index is 2.21. The van der Waals surface area contributed by atoms with Gasteiger partial charge in [-0.2, -0.15) is 0 Å². The quantitative estimate of drug-likeness (QED) is 0.279. The van der Waals surface area contributed by atoms with Gasteiger partial charge in [-0.1, -0.05) is 80.4 Å². The van der Waals surface area contributed by atoms with E-state index in [0.717, 1.165) is 29.3 Å². The lowest BCUT2D eigenvalue weighted by molar-refractivity contribution is 0.0397. The Labute approximate surface area is 193 Å². The Bertz CT molecular complexity index is 722. The van der Waals surface area contributed by atoms with Crippen molar-refractivity contribution in [2.75, 3.05) is 21.0 Å². The molecule has 31 heavy (non-hydrogen) atoms. The van der Waals surface area contributed by atoms with Gasteiger partial charge in [-0.25, -0.2) is 0 Å². The van der Waals surface area contributed by atoms with E-state index in [-0.39, 0.29) is 6.79 Å². The maximum absolute atomic E-state index is 6.60. The van der Waals surface area contributed by atoms with E-state index in [1.807, 2.05) is 60.7 Å². The molecule has 0 aliphatic heterocycles. The van der Waals surface area contributed by atoms with Crippen molar-refractivity contribution in [2.45, 2.75) is 38.9 Å². The van der Waals surface area contributed by atoms with Crippen molar-refractivity contribution in [3.63, 3.8) is 0 Å². The van der Waals surface area contributed by atoms with Gasteiger partial charge in [0.25, 0.3) is 0 Å². The molecule has 0 amide bonds. The van der Waals surface area contributed by atoms with E-state index in [1.54, 1.807) is 14.2 Å². The van der Waals surface area contributed by atoms with Crippen LogP contribution >= 0.6 is 0 Å². The van der Waals surface area contributed by atoms with Gasteiger partial charge in [-0.05, 0) is 29.5 Å². The Hall–Kier alpha value is -0.932. The van der Waals surface area contributed by atoms with E-state index in [0.29, 0.717) is 0 Å². The third-order valence-electron chi connectivity index (χ3n) is 4.70. The molecule has 0 saturated carbocycles. The van der Waals surface area contributed by atoms with Crippen molar-refractivity contribution >= 4 is 46.8 Å². The molecule has 0 spiro atoms. The molecule has 3 unspecified atom stereocenters. The first-order chi connectivity index (χ1) is 15.0. The molecule has 3 atom stereocenters. The standard InChI is InChI=1S/C21H36O6Si4/c1-6-7-18-31(4,5)27-30(23-3)26-29(21-16-12-9-13-17-21)25-28(24-19-22-2)20-14-10-8-11-15-20/h8-17,28-30H,6-7,18-19H2,1-5H3. The average molecular weight is 497 g/mol. The van der Waals surface area contributed by atoms with E-state index in [4.69, 9.17) is 25.9 Å². The van der Waals surface area contributed by atoms with Gasteiger partial charge < -0.3 is 25.9 Å². The lowest BCUT2D eigenvalue weighted by Crippen LogP contribution is -2.52. The number of hydrogen-bond donors (Lipinski definition) is 0. The lowest BCUT2D eigenvalue weighted by atomic mass is 10.4. The minimum absolute atomic E-state index is 0.181. The largest absolute Gasteiger partial charge is 0.464 e. The maximum atomic E-state index is 6.60. The normalized spacial score (nSPS) is 14.9. The van der Waals surface area contributed by atoms with Crippen molar-refractivity contribution in [3.05, 3.63) is 60.7 Å². The first-order valence-electron chi connectivity index (χ1n) is 10.7. The predicted octanol–water partition coefficient (Wildman–Crippen LogP) is 2.28. The molecule has 0 aliphatic rings. The maximum Gasteiger partial charge on any atom is 0.464 e. The van der Waals surface area contributed by atoms with Crippen LogP contribution in [0.25, 0.3) is 0 Å². The molecule has 0 bridgehead atoms. The smallest absolute Gasteiger partial charge is 0.418 e. The van der Waals surface area contributed by atoms with Crippen LogP contribution in [0.3, 0.4) is 0 Å². The van der Waals surface area contributed by atoms with Gasteiger partial charge in [0, 0.05) is 14.2 Å². The Morgan fingerprint density at radius 1 is 0.806 bits per heavy atom. The summed E-state index contributed by atoms with van der Waals surface area (Å²) in [5.74, 6) is 0. The minimum atomic E-state index is -2.35. The van der Waals surface area contributed by atoms with Crippen molar-refractivity contribution < 1.29 is 25.9 Å². The van der Waals surface area contributed by atoms with Gasteiger partial charge in [-0.15, -0.1) is 0 Å². The van der Waals surface area contributed by atoms with Crippen LogP contribution in [0.1, 0.15) is 19.8 Å². The number of rotatable bonds is 15. The number of ether oxygens (including phenoxy) is 1. The van der Waals surface area contributed by atoms with Crippen LogP contribution in [0, 0.1) is 0 Å². The van der Waals surface area contributed by atoms with Crippen LogP contribution in [-0.4, -0.2) is 57.4 Å². The lowest BCUT2D eigenvalue weighted by Gasteiger charge is -2.30. The molecule has 0 aromatic heterocycles. The van der Waals surface area contributed by atoms with Gasteiger partial charge in [0.1, 0.15) is 6.79 Å². The Morgan fingerprint density at radius 2 is 1.39 bits per heavy atom. The fraction of sp³-hybridized carbons (Fsp3) is 0.429. The zero-order valence-electron chi connectivity index (χ0n) is 19.3. The molecular weight excluding hydrogens is 461 g/mol. The number of methoxy groups -OCH3 is 1. The highest BCUT2D eigenvalue weighted by atomic mass is 28.5. The summed E-state index contributed by atoms with van der Waals surface area (Å²) in [6, 6.07) is 21.2. The molecule has 0 fully saturated rings. The van der Waals surface area contributed by atoms with Crippen LogP contribution < -0.4 is 10.4 Å². The third-order valence-corrected chi connectivity index (χ3v) is 16.1. The highest BCUT2D eigenvalue weighted by Crippen LogP contribution is 2.17. The molecule has 0 N–H and O–H groups in total. The van der Waals surface area contributed by atoms with Crippen molar-refractivity contribution in [2.24, 2.45) is 0 Å². The monoisotopic (exact) mass is 496 g/mol. The molecule has 2 rings (SSSR count). The molecule has 10 heteroatoms. The number of benzene rings is 2. The minimum Gasteiger partial charge on any atom is -0.418 e. The zero-order valence-corrected chi connectivity index (χ0v) is 23.7. The van der Waals surface area contributed by atoms with Gasteiger partial charge in [-0.3, -0.25) is 0 Å². The van der Waals surface area contributed by atoms with E-state index in [1.165, 1.54) is 0 Å². The first-order valence-corrected chi connectivity index (χ1v) is 18.3. The summed E-state index contributed by atoms with van der Waals surface area (Å²) in [6.07, 6.45) is 2.32. The Morgan fingerprint density at radius 3 is 1.90 bits per heavy atom. The Kier molecular flexibility index (Phi) is 12.1. The van der Waals surface area contributed by atoms with Gasteiger partial charge >= 0.3 is 28.1 Å². The summed E-state index contributed by atoms with van der Waals surface area (Å²) in [5, 5.41) is 2.09. The highest BCUT2D eigenvalue weighted by Gasteiger charge is 2.34. The van der Waals surface area contributed by atoms with Crippen LogP contribution in [0.15, 0.2) is 60.7 Å². The number of hydrogen-bond acceptors (Lipinski definition) is 6. The van der Waals surface area contributed by atoms with Crippen molar-refractivity contribution in [3.8, 4) is 0 Å². The second kappa shape index (κ2) is 14.3. The molecule has 2 aromatic rings. The van der Waals surface area contributed by atoms with Crippen LogP contribution in [-0.2, 0) is 25.9 Å². The fourth-order valence-electron chi connectivity index (χ4n) is 3.02. The van der Waals surface area contributed by atoms with Gasteiger partial charge in [0.2, 0.25) is 0 Å². The third kappa shape index (κ3) is 9.61. The second-order valence-corrected chi connectivity index (χ2v) is 19.0. The first kappa shape index (κ1) is 26.3. The molecule has 172 valence electrons. The van der Waals surface area contributed by atoms with E-state index < -0.39 is 36.4 Å². The zero-order chi connectivity index (χ0) is 22.5. The molecule has 0 radical (unpaired) electrons. The summed E-state index contributed by atoms with van der Waals surface area (Å²) in [5.41, 5.74) is 0. The average Bonchev–Trinajstić information content (AvgIpc) is 2.80. The number of unbranched alkanes of at least 4 members (excludes halogenated alkanes) is 1. The summed E-state index contributed by atoms with van der Waals surface area (Å²) >= 11 is 0. The van der Waals surface area contributed by atoms with Crippen molar-refractivity contribution in [1.29, 1.82) is 0 Å². The SMILES string of the molecule is CCCC[Si](C)(C)O[SiH](OC)O[SiH](O[SiH](OCOC)c1ccccc1)c1ccccc1. The fourth-order valence-corrected chi connectivity index (χ4v) is 14.6. The van der Waals surface area contributed by atoms with Crippen molar-refractivity contribution in [1.82, 2.24) is 0 Å². The molecule has 0 heterocycles. The van der Waals surface area contributed by atoms with Crippen LogP contribution in [0.4, 0.5) is 0 Å².